The van der Waals surface area contributed by atoms with E-state index in [2.05, 4.69) is 4.98 Å². The van der Waals surface area contributed by atoms with Crippen molar-refractivity contribution in [1.29, 1.82) is 0 Å². The number of hydrogen-bond acceptors (Lipinski definition) is 4. The van der Waals surface area contributed by atoms with Gasteiger partial charge in [-0.05, 0) is 26.8 Å². The number of rotatable bonds is 6. The smallest absolute Gasteiger partial charge is 0.232 e. The number of carbonyl (C=O) groups excluding carboxylic acids is 1. The molecule has 0 aliphatic rings. The predicted molar refractivity (Wildman–Crippen MR) is 75.5 cm³/mol. The van der Waals surface area contributed by atoms with Crippen LogP contribution in [0.3, 0.4) is 0 Å². The number of carbonyl (C=O) groups is 1. The monoisotopic (exact) mass is 267 g/mol. The average Bonchev–Trinajstić information content (AvgIpc) is 2.38. The van der Waals surface area contributed by atoms with E-state index in [1.807, 2.05) is 37.8 Å². The van der Waals surface area contributed by atoms with Gasteiger partial charge < -0.3 is 10.6 Å². The molecule has 0 spiro atoms. The van der Waals surface area contributed by atoms with Crippen LogP contribution >= 0.6 is 11.8 Å². The molecule has 4 nitrogen and oxygen atoms in total. The number of nitrogens with two attached hydrogens (primary N) is 1. The van der Waals surface area contributed by atoms with Crippen molar-refractivity contribution in [3.05, 3.63) is 23.9 Å². The molecule has 0 aliphatic heterocycles. The van der Waals surface area contributed by atoms with Crippen molar-refractivity contribution >= 4 is 17.7 Å². The van der Waals surface area contributed by atoms with Gasteiger partial charge in [-0.15, -0.1) is 0 Å². The SMILES string of the molecule is CCN(CC)C(=O)CSc1ncccc1C(C)N. The van der Waals surface area contributed by atoms with E-state index >= 15 is 0 Å². The van der Waals surface area contributed by atoms with E-state index in [4.69, 9.17) is 5.73 Å². The summed E-state index contributed by atoms with van der Waals surface area (Å²) < 4.78 is 0. The fraction of sp³-hybridized carbons (Fsp3) is 0.538. The highest BCUT2D eigenvalue weighted by Crippen LogP contribution is 2.24. The van der Waals surface area contributed by atoms with E-state index in [1.165, 1.54) is 11.8 Å². The van der Waals surface area contributed by atoms with E-state index in [0.717, 1.165) is 23.7 Å². The third-order valence-corrected chi connectivity index (χ3v) is 3.75. The van der Waals surface area contributed by atoms with Crippen molar-refractivity contribution in [3.8, 4) is 0 Å². The highest BCUT2D eigenvalue weighted by atomic mass is 32.2. The molecule has 1 aromatic rings. The lowest BCUT2D eigenvalue weighted by Gasteiger charge is -2.18. The van der Waals surface area contributed by atoms with Crippen molar-refractivity contribution < 1.29 is 4.79 Å². The number of thioether (sulfide) groups is 1. The third-order valence-electron chi connectivity index (χ3n) is 2.74. The van der Waals surface area contributed by atoms with E-state index in [0.29, 0.717) is 5.75 Å². The molecule has 0 aliphatic carbocycles. The number of amides is 1. The Morgan fingerprint density at radius 2 is 2.17 bits per heavy atom. The molecular formula is C13H21N3OS. The summed E-state index contributed by atoms with van der Waals surface area (Å²) in [5, 5.41) is 0.855. The predicted octanol–water partition coefficient (Wildman–Crippen LogP) is 2.06. The highest BCUT2D eigenvalue weighted by molar-refractivity contribution is 7.99. The molecule has 5 heteroatoms. The molecule has 0 aromatic carbocycles. The third kappa shape index (κ3) is 3.99. The zero-order valence-corrected chi connectivity index (χ0v) is 12.0. The van der Waals surface area contributed by atoms with Crippen molar-refractivity contribution in [3.63, 3.8) is 0 Å². The summed E-state index contributed by atoms with van der Waals surface area (Å²) in [4.78, 5) is 18.0. The largest absolute Gasteiger partial charge is 0.343 e. The zero-order chi connectivity index (χ0) is 13.5. The van der Waals surface area contributed by atoms with Crippen molar-refractivity contribution in [2.24, 2.45) is 5.73 Å². The molecule has 1 unspecified atom stereocenters. The first-order valence-corrected chi connectivity index (χ1v) is 7.19. The van der Waals surface area contributed by atoms with Gasteiger partial charge >= 0.3 is 0 Å². The Morgan fingerprint density at radius 3 is 2.72 bits per heavy atom. The average molecular weight is 267 g/mol. The molecule has 1 heterocycles. The van der Waals surface area contributed by atoms with Gasteiger partial charge in [0.15, 0.2) is 0 Å². The summed E-state index contributed by atoms with van der Waals surface area (Å²) in [6, 6.07) is 3.77. The maximum Gasteiger partial charge on any atom is 0.232 e. The molecule has 0 saturated carbocycles. The van der Waals surface area contributed by atoms with Crippen LogP contribution in [0.15, 0.2) is 23.4 Å². The van der Waals surface area contributed by atoms with Crippen LogP contribution in [-0.2, 0) is 4.79 Å². The van der Waals surface area contributed by atoms with Crippen LogP contribution < -0.4 is 5.73 Å². The maximum atomic E-state index is 11.9. The van der Waals surface area contributed by atoms with Gasteiger partial charge in [0.1, 0.15) is 5.03 Å². The topological polar surface area (TPSA) is 59.2 Å². The summed E-state index contributed by atoms with van der Waals surface area (Å²) in [5.74, 6) is 0.560. The molecule has 0 fully saturated rings. The first-order chi connectivity index (χ1) is 8.60. The van der Waals surface area contributed by atoms with E-state index in [1.54, 1.807) is 6.20 Å². The zero-order valence-electron chi connectivity index (χ0n) is 11.2. The molecule has 0 radical (unpaired) electrons. The van der Waals surface area contributed by atoms with Gasteiger partial charge in [-0.1, -0.05) is 17.8 Å². The van der Waals surface area contributed by atoms with Gasteiger partial charge in [0.2, 0.25) is 5.91 Å². The Kier molecular flexibility index (Phi) is 6.15. The summed E-state index contributed by atoms with van der Waals surface area (Å²) >= 11 is 1.46. The molecule has 100 valence electrons. The molecule has 1 amide bonds. The number of pyridine rings is 1. The van der Waals surface area contributed by atoms with E-state index in [-0.39, 0.29) is 11.9 Å². The van der Waals surface area contributed by atoms with Crippen LogP contribution in [0.5, 0.6) is 0 Å². The van der Waals surface area contributed by atoms with Crippen molar-refractivity contribution in [2.45, 2.75) is 31.8 Å². The first-order valence-electron chi connectivity index (χ1n) is 6.21. The standard InChI is InChI=1S/C13H21N3OS/c1-4-16(5-2)12(17)9-18-13-11(10(3)14)7-6-8-15-13/h6-8,10H,4-5,9,14H2,1-3H3. The fourth-order valence-electron chi connectivity index (χ4n) is 1.67. The summed E-state index contributed by atoms with van der Waals surface area (Å²) in [7, 11) is 0. The Morgan fingerprint density at radius 1 is 1.50 bits per heavy atom. The second kappa shape index (κ2) is 7.38. The normalized spacial score (nSPS) is 12.2. The second-order valence-electron chi connectivity index (χ2n) is 4.04. The highest BCUT2D eigenvalue weighted by Gasteiger charge is 2.13. The minimum atomic E-state index is -0.0650. The van der Waals surface area contributed by atoms with Crippen LogP contribution in [-0.4, -0.2) is 34.6 Å². The van der Waals surface area contributed by atoms with Crippen LogP contribution in [0.2, 0.25) is 0 Å². The lowest BCUT2D eigenvalue weighted by molar-refractivity contribution is -0.127. The van der Waals surface area contributed by atoms with Crippen molar-refractivity contribution in [1.82, 2.24) is 9.88 Å². The van der Waals surface area contributed by atoms with Gasteiger partial charge in [-0.3, -0.25) is 4.79 Å². The first kappa shape index (κ1) is 15.0. The van der Waals surface area contributed by atoms with Crippen LogP contribution in [0.4, 0.5) is 0 Å². The van der Waals surface area contributed by atoms with Gasteiger partial charge in [0, 0.05) is 30.9 Å². The van der Waals surface area contributed by atoms with E-state index < -0.39 is 0 Å². The number of nitrogens with zero attached hydrogens (tertiary/aromatic N) is 2. The molecule has 18 heavy (non-hydrogen) atoms. The quantitative estimate of drug-likeness (QED) is 0.802. The maximum absolute atomic E-state index is 11.9. The Bertz CT molecular complexity index is 392. The van der Waals surface area contributed by atoms with Gasteiger partial charge in [0.25, 0.3) is 0 Å². The molecule has 0 bridgehead atoms. The molecule has 1 atom stereocenters. The molecule has 0 saturated heterocycles. The lowest BCUT2D eigenvalue weighted by Crippen LogP contribution is -2.31. The minimum Gasteiger partial charge on any atom is -0.343 e. The number of aromatic nitrogens is 1. The number of hydrogen-bond donors (Lipinski definition) is 1. The fourth-order valence-corrected chi connectivity index (χ4v) is 2.67. The van der Waals surface area contributed by atoms with Crippen LogP contribution in [0, 0.1) is 0 Å². The van der Waals surface area contributed by atoms with Gasteiger partial charge in [-0.2, -0.15) is 0 Å². The Hall–Kier alpha value is -1.07. The Balaban J connectivity index is 2.66. The lowest BCUT2D eigenvalue weighted by atomic mass is 10.2. The molecular weight excluding hydrogens is 246 g/mol. The molecule has 1 rings (SSSR count). The summed E-state index contributed by atoms with van der Waals surface area (Å²) in [6.45, 7) is 7.39. The Labute approximate surface area is 113 Å². The summed E-state index contributed by atoms with van der Waals surface area (Å²) in [5.41, 5.74) is 6.88. The van der Waals surface area contributed by atoms with Crippen molar-refractivity contribution in [2.75, 3.05) is 18.8 Å². The minimum absolute atomic E-state index is 0.0650. The van der Waals surface area contributed by atoms with Gasteiger partial charge in [0.05, 0.1) is 5.75 Å². The second-order valence-corrected chi connectivity index (χ2v) is 5.01. The van der Waals surface area contributed by atoms with Crippen LogP contribution in [0.25, 0.3) is 0 Å². The van der Waals surface area contributed by atoms with Crippen LogP contribution in [0.1, 0.15) is 32.4 Å². The van der Waals surface area contributed by atoms with E-state index in [9.17, 15) is 4.79 Å². The molecule has 2 N–H and O–H groups in total. The molecule has 1 aromatic heterocycles. The summed E-state index contributed by atoms with van der Waals surface area (Å²) in [6.07, 6.45) is 1.73. The van der Waals surface area contributed by atoms with Gasteiger partial charge in [-0.25, -0.2) is 4.98 Å².